The Hall–Kier alpha value is -3.43. The van der Waals surface area contributed by atoms with Crippen molar-refractivity contribution in [3.63, 3.8) is 0 Å². The maximum absolute atomic E-state index is 12.8. The minimum atomic E-state index is -2.95. The first-order chi connectivity index (χ1) is 15.0. The highest BCUT2D eigenvalue weighted by atomic mass is 19.3. The molecule has 0 spiro atoms. The van der Waals surface area contributed by atoms with Crippen LogP contribution in [0.5, 0.6) is 28.7 Å². The Morgan fingerprint density at radius 1 is 1.03 bits per heavy atom. The minimum absolute atomic E-state index is 0.0209. The summed E-state index contributed by atoms with van der Waals surface area (Å²) in [6.07, 6.45) is 0.713. The van der Waals surface area contributed by atoms with E-state index in [-0.39, 0.29) is 19.1 Å². The molecule has 0 bridgehead atoms. The molecule has 3 rings (SSSR count). The van der Waals surface area contributed by atoms with Gasteiger partial charge in [-0.1, -0.05) is 6.07 Å². The summed E-state index contributed by atoms with van der Waals surface area (Å²) < 4.78 is 51.3. The lowest BCUT2D eigenvalue weighted by Gasteiger charge is -2.15. The summed E-state index contributed by atoms with van der Waals surface area (Å²) >= 11 is 0. The summed E-state index contributed by atoms with van der Waals surface area (Å²) in [6, 6.07) is 8.74. The zero-order chi connectivity index (χ0) is 22.2. The molecule has 1 heterocycles. The summed E-state index contributed by atoms with van der Waals surface area (Å²) in [5.41, 5.74) is 1.55. The molecule has 0 aromatic heterocycles. The quantitative estimate of drug-likeness (QED) is 0.461. The van der Waals surface area contributed by atoms with Crippen molar-refractivity contribution in [1.82, 2.24) is 10.6 Å². The van der Waals surface area contributed by atoms with Crippen molar-refractivity contribution in [2.75, 3.05) is 34.6 Å². The molecule has 0 saturated carbocycles. The molecule has 168 valence electrons. The van der Waals surface area contributed by atoms with E-state index in [1.807, 2.05) is 18.2 Å². The molecular weight excluding hydrogens is 412 g/mol. The Balaban J connectivity index is 1.57. The monoisotopic (exact) mass is 437 g/mol. The molecule has 8 nitrogen and oxygen atoms in total. The lowest BCUT2D eigenvalue weighted by molar-refractivity contribution is -0.0505. The van der Waals surface area contributed by atoms with Crippen LogP contribution < -0.4 is 34.3 Å². The fraction of sp³-hybridized carbons (Fsp3) is 0.381. The zero-order valence-electron chi connectivity index (χ0n) is 17.5. The Bertz CT molecular complexity index is 924. The summed E-state index contributed by atoms with van der Waals surface area (Å²) in [5.74, 6) is 2.72. The number of guanidine groups is 1. The van der Waals surface area contributed by atoms with Crippen molar-refractivity contribution in [1.29, 1.82) is 0 Å². The molecule has 1 aliphatic rings. The molecular formula is C21H25F2N3O5. The minimum Gasteiger partial charge on any atom is -0.493 e. The van der Waals surface area contributed by atoms with Gasteiger partial charge in [0.15, 0.2) is 29.0 Å². The van der Waals surface area contributed by atoms with Gasteiger partial charge in [0.05, 0.1) is 14.2 Å². The highest BCUT2D eigenvalue weighted by molar-refractivity contribution is 5.79. The molecule has 0 saturated heterocycles. The van der Waals surface area contributed by atoms with Crippen molar-refractivity contribution in [3.05, 3.63) is 41.5 Å². The number of fused-ring (bicyclic) bond motifs is 1. The van der Waals surface area contributed by atoms with Crippen LogP contribution in [-0.2, 0) is 13.0 Å². The normalized spacial score (nSPS) is 12.6. The SMILES string of the molecule is CN=C(NCCc1ccc(OC)c(OC)c1)NCc1cc2c(cc1OC(F)F)OCO2. The number of ether oxygens (including phenoxy) is 5. The van der Waals surface area contributed by atoms with Crippen LogP contribution in [0.4, 0.5) is 8.78 Å². The van der Waals surface area contributed by atoms with Gasteiger partial charge in [0, 0.05) is 31.8 Å². The van der Waals surface area contributed by atoms with E-state index >= 15 is 0 Å². The van der Waals surface area contributed by atoms with Crippen LogP contribution >= 0.6 is 0 Å². The molecule has 2 aromatic rings. The standard InChI is InChI=1S/C21H25F2N3O5/c1-24-21(25-7-6-13-4-5-15(27-2)17(8-13)28-3)26-11-14-9-18-19(30-12-29-18)10-16(14)31-20(22)23/h4-5,8-10,20H,6-7,11-12H2,1-3H3,(H2,24,25,26). The fourth-order valence-electron chi connectivity index (χ4n) is 3.07. The third-order valence-corrected chi connectivity index (χ3v) is 4.60. The van der Waals surface area contributed by atoms with Gasteiger partial charge in [-0.2, -0.15) is 8.78 Å². The molecule has 2 N–H and O–H groups in total. The van der Waals surface area contributed by atoms with E-state index in [1.165, 1.54) is 6.07 Å². The van der Waals surface area contributed by atoms with E-state index < -0.39 is 6.61 Å². The van der Waals surface area contributed by atoms with Crippen LogP contribution in [0.1, 0.15) is 11.1 Å². The number of hydrogen-bond donors (Lipinski definition) is 2. The number of halogens is 2. The second-order valence-corrected chi connectivity index (χ2v) is 6.48. The Morgan fingerprint density at radius 2 is 1.77 bits per heavy atom. The number of hydrogen-bond acceptors (Lipinski definition) is 6. The van der Waals surface area contributed by atoms with E-state index in [1.54, 1.807) is 27.3 Å². The van der Waals surface area contributed by atoms with Gasteiger partial charge in [-0.25, -0.2) is 0 Å². The van der Waals surface area contributed by atoms with E-state index in [2.05, 4.69) is 20.4 Å². The molecule has 2 aromatic carbocycles. The number of rotatable bonds is 9. The van der Waals surface area contributed by atoms with Crippen molar-refractivity contribution >= 4 is 5.96 Å². The van der Waals surface area contributed by atoms with Gasteiger partial charge in [0.1, 0.15) is 5.75 Å². The lowest BCUT2D eigenvalue weighted by atomic mass is 10.1. The maximum atomic E-state index is 12.8. The number of nitrogens with one attached hydrogen (secondary N) is 2. The average Bonchev–Trinajstić information content (AvgIpc) is 3.22. The number of benzene rings is 2. The van der Waals surface area contributed by atoms with Crippen LogP contribution in [0.25, 0.3) is 0 Å². The van der Waals surface area contributed by atoms with Crippen molar-refractivity contribution in [2.24, 2.45) is 4.99 Å². The highest BCUT2D eigenvalue weighted by Crippen LogP contribution is 2.38. The van der Waals surface area contributed by atoms with Crippen molar-refractivity contribution in [2.45, 2.75) is 19.6 Å². The summed E-state index contributed by atoms with van der Waals surface area (Å²) in [5, 5.41) is 6.28. The average molecular weight is 437 g/mol. The van der Waals surface area contributed by atoms with E-state index in [4.69, 9.17) is 18.9 Å². The second-order valence-electron chi connectivity index (χ2n) is 6.48. The maximum Gasteiger partial charge on any atom is 0.387 e. The fourth-order valence-corrected chi connectivity index (χ4v) is 3.07. The van der Waals surface area contributed by atoms with E-state index in [0.29, 0.717) is 47.5 Å². The first-order valence-electron chi connectivity index (χ1n) is 9.56. The number of methoxy groups -OCH3 is 2. The molecule has 0 radical (unpaired) electrons. The Kier molecular flexibility index (Phi) is 7.58. The van der Waals surface area contributed by atoms with E-state index in [0.717, 1.165) is 5.56 Å². The number of aliphatic imine (C=N–C) groups is 1. The van der Waals surface area contributed by atoms with Gasteiger partial charge in [-0.05, 0) is 30.2 Å². The van der Waals surface area contributed by atoms with Crippen LogP contribution in [-0.4, -0.2) is 47.2 Å². The van der Waals surface area contributed by atoms with Crippen LogP contribution in [0, 0.1) is 0 Å². The molecule has 10 heteroatoms. The number of nitrogens with zero attached hydrogens (tertiary/aromatic N) is 1. The smallest absolute Gasteiger partial charge is 0.387 e. The highest BCUT2D eigenvalue weighted by Gasteiger charge is 2.20. The third-order valence-electron chi connectivity index (χ3n) is 4.60. The molecule has 1 aliphatic heterocycles. The van der Waals surface area contributed by atoms with Crippen LogP contribution in [0.15, 0.2) is 35.3 Å². The van der Waals surface area contributed by atoms with Gasteiger partial charge >= 0.3 is 6.61 Å². The molecule has 0 unspecified atom stereocenters. The first-order valence-corrected chi connectivity index (χ1v) is 9.56. The van der Waals surface area contributed by atoms with Gasteiger partial charge < -0.3 is 34.3 Å². The molecule has 0 aliphatic carbocycles. The van der Waals surface area contributed by atoms with Crippen LogP contribution in [0.3, 0.4) is 0 Å². The topological polar surface area (TPSA) is 82.6 Å². The lowest BCUT2D eigenvalue weighted by Crippen LogP contribution is -2.38. The van der Waals surface area contributed by atoms with Gasteiger partial charge in [-0.15, -0.1) is 0 Å². The summed E-state index contributed by atoms with van der Waals surface area (Å²) in [6.45, 7) is -2.11. The van der Waals surface area contributed by atoms with Gasteiger partial charge in [0.2, 0.25) is 6.79 Å². The molecule has 0 amide bonds. The first kappa shape index (κ1) is 22.3. The number of alkyl halides is 2. The Labute approximate surface area is 179 Å². The van der Waals surface area contributed by atoms with Gasteiger partial charge in [0.25, 0.3) is 0 Å². The summed E-state index contributed by atoms with van der Waals surface area (Å²) in [4.78, 5) is 4.16. The van der Waals surface area contributed by atoms with E-state index in [9.17, 15) is 8.78 Å². The van der Waals surface area contributed by atoms with Crippen molar-refractivity contribution < 1.29 is 32.5 Å². The van der Waals surface area contributed by atoms with Gasteiger partial charge in [-0.3, -0.25) is 4.99 Å². The molecule has 0 fully saturated rings. The molecule has 31 heavy (non-hydrogen) atoms. The predicted molar refractivity (Wildman–Crippen MR) is 111 cm³/mol. The van der Waals surface area contributed by atoms with Crippen LogP contribution in [0.2, 0.25) is 0 Å². The largest absolute Gasteiger partial charge is 0.493 e. The summed E-state index contributed by atoms with van der Waals surface area (Å²) in [7, 11) is 4.81. The Morgan fingerprint density at radius 3 is 2.45 bits per heavy atom. The second kappa shape index (κ2) is 10.6. The predicted octanol–water partition coefficient (Wildman–Crippen LogP) is 2.94. The zero-order valence-corrected chi connectivity index (χ0v) is 17.5. The molecule has 0 atom stereocenters. The third kappa shape index (κ3) is 5.80. The van der Waals surface area contributed by atoms with Crippen molar-refractivity contribution in [3.8, 4) is 28.7 Å².